The molecule has 3 aromatic carbocycles. The number of rotatable bonds is 15. The molecule has 0 bridgehead atoms. The van der Waals surface area contributed by atoms with Crippen LogP contribution in [0.5, 0.6) is 34.5 Å². The zero-order chi connectivity index (χ0) is 35.0. The fourth-order valence-electron chi connectivity index (χ4n) is 5.47. The number of hydrogen-bond acceptors (Lipinski definition) is 14. The van der Waals surface area contributed by atoms with E-state index in [1.54, 1.807) is 30.3 Å². The van der Waals surface area contributed by atoms with Crippen molar-refractivity contribution in [1.82, 2.24) is 0 Å². The molecular formula is C34H42O14. The molecular weight excluding hydrogens is 632 g/mol. The van der Waals surface area contributed by atoms with E-state index in [4.69, 9.17) is 28.4 Å². The SMILES string of the molecule is COc1cc(C[C@@H](CO)[C@H](CO)Cc2ccc(O[C@H]3O[C@H](COC(=O)c4ccc(O)c(OC)c4)[C@@H](O)[C@H](O)[C@H]3O)c(OC)c2)ccc1O. The lowest BCUT2D eigenvalue weighted by Gasteiger charge is -2.40. The molecule has 262 valence electrons. The highest BCUT2D eigenvalue weighted by molar-refractivity contribution is 5.90. The first kappa shape index (κ1) is 36.5. The van der Waals surface area contributed by atoms with Gasteiger partial charge in [-0.25, -0.2) is 4.79 Å². The second-order valence-corrected chi connectivity index (χ2v) is 11.4. The Bertz CT molecular complexity index is 1510. The van der Waals surface area contributed by atoms with E-state index in [9.17, 15) is 40.5 Å². The molecule has 14 nitrogen and oxygen atoms in total. The monoisotopic (exact) mass is 674 g/mol. The Hall–Kier alpha value is -4.31. The average Bonchev–Trinajstić information content (AvgIpc) is 3.10. The molecule has 0 unspecified atom stereocenters. The minimum absolute atomic E-state index is 0.00214. The van der Waals surface area contributed by atoms with Crippen molar-refractivity contribution in [3.63, 3.8) is 0 Å². The number of phenols is 2. The van der Waals surface area contributed by atoms with Crippen molar-refractivity contribution in [1.29, 1.82) is 0 Å². The fraction of sp³-hybridized carbons (Fsp3) is 0.441. The third-order valence-corrected chi connectivity index (χ3v) is 8.31. The number of phenolic OH excluding ortho intramolecular Hbond substituents is 2. The van der Waals surface area contributed by atoms with Gasteiger partial charge in [0.25, 0.3) is 0 Å². The highest BCUT2D eigenvalue weighted by atomic mass is 16.7. The van der Waals surface area contributed by atoms with Crippen LogP contribution in [0.1, 0.15) is 21.5 Å². The summed E-state index contributed by atoms with van der Waals surface area (Å²) in [5.41, 5.74) is 1.62. The smallest absolute Gasteiger partial charge is 0.338 e. The Morgan fingerprint density at radius 3 is 1.83 bits per heavy atom. The molecule has 1 aliphatic rings. The Balaban J connectivity index is 1.43. The van der Waals surface area contributed by atoms with Crippen molar-refractivity contribution >= 4 is 5.97 Å². The molecule has 0 saturated carbocycles. The highest BCUT2D eigenvalue weighted by Gasteiger charge is 2.45. The second kappa shape index (κ2) is 16.7. The van der Waals surface area contributed by atoms with Crippen molar-refractivity contribution in [3.05, 3.63) is 71.3 Å². The van der Waals surface area contributed by atoms with Crippen molar-refractivity contribution in [3.8, 4) is 34.5 Å². The summed E-state index contributed by atoms with van der Waals surface area (Å²) in [6.45, 7) is -0.915. The molecule has 1 heterocycles. The Kier molecular flexibility index (Phi) is 12.7. The van der Waals surface area contributed by atoms with E-state index in [1.807, 2.05) is 0 Å². The van der Waals surface area contributed by atoms with Gasteiger partial charge in [0.15, 0.2) is 34.5 Å². The standard InChI is InChI=1S/C34H42O14/c1-43-26-12-18(4-7-23(26)37)10-21(15-35)22(16-36)11-19-5-9-25(28(13-19)45-3)47-34-32(41)31(40)30(39)29(48-34)17-46-33(42)20-6-8-24(38)27(14-20)44-2/h4-9,12-14,21-22,29-32,34-41H,10-11,15-17H2,1-3H3/t21-,22-,29+,30+,31-,32+,34-/m0/s1. The van der Waals surface area contributed by atoms with E-state index in [1.165, 1.54) is 45.6 Å². The van der Waals surface area contributed by atoms with E-state index in [2.05, 4.69) is 0 Å². The van der Waals surface area contributed by atoms with E-state index >= 15 is 0 Å². The van der Waals surface area contributed by atoms with Crippen LogP contribution in [-0.2, 0) is 22.3 Å². The van der Waals surface area contributed by atoms with Crippen LogP contribution in [0.4, 0.5) is 0 Å². The maximum Gasteiger partial charge on any atom is 0.338 e. The van der Waals surface area contributed by atoms with Gasteiger partial charge in [0.05, 0.1) is 26.9 Å². The van der Waals surface area contributed by atoms with Gasteiger partial charge in [0, 0.05) is 13.2 Å². The number of carbonyl (C=O) groups excluding carboxylic acids is 1. The van der Waals surface area contributed by atoms with Crippen LogP contribution in [-0.4, -0.2) is 114 Å². The molecule has 3 aromatic rings. The summed E-state index contributed by atoms with van der Waals surface area (Å²) >= 11 is 0. The molecule has 0 spiro atoms. The molecule has 1 saturated heterocycles. The van der Waals surface area contributed by atoms with Crippen LogP contribution >= 0.6 is 0 Å². The number of benzene rings is 3. The van der Waals surface area contributed by atoms with E-state index in [0.29, 0.717) is 18.6 Å². The van der Waals surface area contributed by atoms with Crippen LogP contribution in [0.25, 0.3) is 0 Å². The summed E-state index contributed by atoms with van der Waals surface area (Å²) in [6.07, 6.45) is -7.00. The summed E-state index contributed by atoms with van der Waals surface area (Å²) in [5, 5.41) is 71.7. The number of carbonyl (C=O) groups is 1. The molecule has 0 aliphatic carbocycles. The molecule has 0 radical (unpaired) electrons. The van der Waals surface area contributed by atoms with Crippen molar-refractivity contribution in [2.24, 2.45) is 11.8 Å². The number of methoxy groups -OCH3 is 3. The van der Waals surface area contributed by atoms with Gasteiger partial charge in [0.1, 0.15) is 31.0 Å². The zero-order valence-corrected chi connectivity index (χ0v) is 26.8. The average molecular weight is 675 g/mol. The normalized spacial score (nSPS) is 22.0. The summed E-state index contributed by atoms with van der Waals surface area (Å²) in [5.74, 6) is -0.920. The first-order valence-corrected chi connectivity index (χ1v) is 15.2. The van der Waals surface area contributed by atoms with Crippen LogP contribution in [0.15, 0.2) is 54.6 Å². The molecule has 1 aliphatic heterocycles. The third-order valence-electron chi connectivity index (χ3n) is 8.31. The van der Waals surface area contributed by atoms with Gasteiger partial charge in [-0.3, -0.25) is 0 Å². The Labute approximate surface area is 277 Å². The number of aliphatic hydroxyl groups excluding tert-OH is 5. The van der Waals surface area contributed by atoms with Gasteiger partial charge in [-0.05, 0) is 78.3 Å². The summed E-state index contributed by atoms with van der Waals surface area (Å²) in [4.78, 5) is 12.6. The zero-order valence-electron chi connectivity index (χ0n) is 26.8. The molecule has 7 N–H and O–H groups in total. The van der Waals surface area contributed by atoms with Gasteiger partial charge in [-0.15, -0.1) is 0 Å². The van der Waals surface area contributed by atoms with Crippen molar-refractivity contribution < 1.29 is 69.0 Å². The molecule has 14 heteroatoms. The second-order valence-electron chi connectivity index (χ2n) is 11.4. The largest absolute Gasteiger partial charge is 0.504 e. The fourth-order valence-corrected chi connectivity index (χ4v) is 5.47. The van der Waals surface area contributed by atoms with Gasteiger partial charge >= 0.3 is 5.97 Å². The topological polar surface area (TPSA) is 214 Å². The van der Waals surface area contributed by atoms with Crippen LogP contribution in [0.2, 0.25) is 0 Å². The maximum absolute atomic E-state index is 12.6. The van der Waals surface area contributed by atoms with E-state index in [0.717, 1.165) is 11.1 Å². The number of aromatic hydroxyl groups is 2. The number of aliphatic hydroxyl groups is 5. The van der Waals surface area contributed by atoms with Crippen LogP contribution in [0.3, 0.4) is 0 Å². The number of esters is 1. The lowest BCUT2D eigenvalue weighted by molar-refractivity contribution is -0.277. The van der Waals surface area contributed by atoms with Crippen LogP contribution in [0, 0.1) is 11.8 Å². The molecule has 1 fully saturated rings. The van der Waals surface area contributed by atoms with Crippen LogP contribution < -0.4 is 18.9 Å². The third kappa shape index (κ3) is 8.58. The predicted molar refractivity (Wildman–Crippen MR) is 168 cm³/mol. The minimum Gasteiger partial charge on any atom is -0.504 e. The molecule has 7 atom stereocenters. The molecule has 0 aromatic heterocycles. The number of hydrogen-bond donors (Lipinski definition) is 7. The van der Waals surface area contributed by atoms with Gasteiger partial charge in [-0.1, -0.05) is 12.1 Å². The Morgan fingerprint density at radius 1 is 0.708 bits per heavy atom. The summed E-state index contributed by atoms with van der Waals surface area (Å²) < 4.78 is 32.5. The molecule has 0 amide bonds. The molecule has 4 rings (SSSR count). The van der Waals surface area contributed by atoms with Gasteiger partial charge in [-0.2, -0.15) is 0 Å². The van der Waals surface area contributed by atoms with E-state index < -0.39 is 43.3 Å². The quantitative estimate of drug-likeness (QED) is 0.113. The van der Waals surface area contributed by atoms with E-state index in [-0.39, 0.29) is 59.4 Å². The molecule has 48 heavy (non-hydrogen) atoms. The summed E-state index contributed by atoms with van der Waals surface area (Å²) in [6, 6.07) is 13.7. The number of ether oxygens (including phenoxy) is 6. The first-order chi connectivity index (χ1) is 23.0. The van der Waals surface area contributed by atoms with Crippen molar-refractivity contribution in [2.75, 3.05) is 41.2 Å². The maximum atomic E-state index is 12.6. The Morgan fingerprint density at radius 2 is 1.25 bits per heavy atom. The summed E-state index contributed by atoms with van der Waals surface area (Å²) in [7, 11) is 4.17. The highest BCUT2D eigenvalue weighted by Crippen LogP contribution is 2.34. The lowest BCUT2D eigenvalue weighted by atomic mass is 9.83. The first-order valence-electron chi connectivity index (χ1n) is 15.2. The predicted octanol–water partition coefficient (Wildman–Crippen LogP) is 1.17. The minimum atomic E-state index is -1.71. The lowest BCUT2D eigenvalue weighted by Crippen LogP contribution is -2.60. The van der Waals surface area contributed by atoms with Crippen molar-refractivity contribution in [2.45, 2.75) is 43.5 Å². The van der Waals surface area contributed by atoms with Gasteiger partial charge < -0.3 is 64.2 Å². The van der Waals surface area contributed by atoms with Gasteiger partial charge in [0.2, 0.25) is 6.29 Å².